The quantitative estimate of drug-likeness (QED) is 0.805. The summed E-state index contributed by atoms with van der Waals surface area (Å²) in [5.74, 6) is -1.30. The highest BCUT2D eigenvalue weighted by Crippen LogP contribution is 2.15. The Balaban J connectivity index is 1.81. The monoisotopic (exact) mass is 304 g/mol. The largest absolute Gasteiger partial charge is 0.387 e. The molecule has 0 amide bonds. The maximum atomic E-state index is 13.7. The van der Waals surface area contributed by atoms with Crippen LogP contribution in [0.25, 0.3) is 5.69 Å². The minimum Gasteiger partial charge on any atom is -0.387 e. The Morgan fingerprint density at radius 2 is 1.95 bits per heavy atom. The van der Waals surface area contributed by atoms with Crippen LogP contribution in [0.5, 0.6) is 0 Å². The van der Waals surface area contributed by atoms with Crippen molar-refractivity contribution in [2.75, 3.05) is 0 Å². The van der Waals surface area contributed by atoms with E-state index in [0.29, 0.717) is 17.9 Å². The van der Waals surface area contributed by atoms with Crippen molar-refractivity contribution in [2.24, 2.45) is 0 Å². The lowest BCUT2D eigenvalue weighted by atomic mass is 10.3. The zero-order valence-corrected chi connectivity index (χ0v) is 11.8. The van der Waals surface area contributed by atoms with E-state index in [-0.39, 0.29) is 5.69 Å². The Hall–Kier alpha value is -2.54. The maximum Gasteiger partial charge on any atom is 0.151 e. The SMILES string of the molecule is C[C@H](O)c1ccn(Cc2ccn(-c3ccc(F)cc3F)n2)n1. The van der Waals surface area contributed by atoms with Gasteiger partial charge in [0.25, 0.3) is 0 Å². The molecule has 1 atom stereocenters. The first-order chi connectivity index (χ1) is 10.5. The van der Waals surface area contributed by atoms with E-state index in [2.05, 4.69) is 10.2 Å². The Bertz CT molecular complexity index is 794. The van der Waals surface area contributed by atoms with Crippen LogP contribution in [0.4, 0.5) is 8.78 Å². The summed E-state index contributed by atoms with van der Waals surface area (Å²) < 4.78 is 29.6. The molecule has 114 valence electrons. The number of hydrogen-bond acceptors (Lipinski definition) is 3. The zero-order valence-electron chi connectivity index (χ0n) is 11.8. The summed E-state index contributed by atoms with van der Waals surface area (Å²) in [5, 5.41) is 17.9. The summed E-state index contributed by atoms with van der Waals surface area (Å²) in [7, 11) is 0. The van der Waals surface area contributed by atoms with Gasteiger partial charge in [0.05, 0.1) is 24.0 Å². The van der Waals surface area contributed by atoms with E-state index in [9.17, 15) is 13.9 Å². The molecule has 1 N–H and O–H groups in total. The first kappa shape index (κ1) is 14.4. The van der Waals surface area contributed by atoms with Gasteiger partial charge >= 0.3 is 0 Å². The van der Waals surface area contributed by atoms with Crippen LogP contribution in [0.2, 0.25) is 0 Å². The molecule has 0 saturated heterocycles. The second-order valence-electron chi connectivity index (χ2n) is 4.96. The van der Waals surface area contributed by atoms with Gasteiger partial charge < -0.3 is 5.11 Å². The highest BCUT2D eigenvalue weighted by Gasteiger charge is 2.09. The van der Waals surface area contributed by atoms with Gasteiger partial charge in [-0.25, -0.2) is 13.5 Å². The topological polar surface area (TPSA) is 55.9 Å². The summed E-state index contributed by atoms with van der Waals surface area (Å²) >= 11 is 0. The number of nitrogens with zero attached hydrogens (tertiary/aromatic N) is 4. The average molecular weight is 304 g/mol. The molecule has 3 rings (SSSR count). The predicted molar refractivity (Wildman–Crippen MR) is 75.4 cm³/mol. The van der Waals surface area contributed by atoms with Crippen LogP contribution in [0.1, 0.15) is 24.4 Å². The molecule has 5 nitrogen and oxygen atoms in total. The highest BCUT2D eigenvalue weighted by atomic mass is 19.1. The summed E-state index contributed by atoms with van der Waals surface area (Å²) in [5.41, 5.74) is 1.42. The molecule has 7 heteroatoms. The van der Waals surface area contributed by atoms with Crippen molar-refractivity contribution in [2.45, 2.75) is 19.6 Å². The smallest absolute Gasteiger partial charge is 0.151 e. The van der Waals surface area contributed by atoms with Crippen molar-refractivity contribution in [3.05, 3.63) is 65.7 Å². The number of aliphatic hydroxyl groups excluding tert-OH is 1. The molecule has 0 saturated carbocycles. The molecule has 2 aromatic heterocycles. The summed E-state index contributed by atoms with van der Waals surface area (Å²) in [6.07, 6.45) is 2.71. The van der Waals surface area contributed by atoms with Gasteiger partial charge in [0, 0.05) is 18.5 Å². The van der Waals surface area contributed by atoms with E-state index in [1.165, 1.54) is 16.8 Å². The predicted octanol–water partition coefficient (Wildman–Crippen LogP) is 2.45. The molecule has 0 spiro atoms. The first-order valence-electron chi connectivity index (χ1n) is 6.74. The van der Waals surface area contributed by atoms with E-state index in [1.807, 2.05) is 0 Å². The second kappa shape index (κ2) is 5.69. The molecule has 22 heavy (non-hydrogen) atoms. The van der Waals surface area contributed by atoms with Gasteiger partial charge in [-0.05, 0) is 31.2 Å². The Morgan fingerprint density at radius 1 is 1.14 bits per heavy atom. The Kier molecular flexibility index (Phi) is 3.72. The molecule has 0 radical (unpaired) electrons. The molecule has 0 aliphatic heterocycles. The van der Waals surface area contributed by atoms with Crippen molar-refractivity contribution in [3.8, 4) is 5.69 Å². The van der Waals surface area contributed by atoms with Crippen molar-refractivity contribution in [1.82, 2.24) is 19.6 Å². The normalized spacial score (nSPS) is 12.5. The van der Waals surface area contributed by atoms with Crippen molar-refractivity contribution >= 4 is 0 Å². The molecule has 0 bridgehead atoms. The average Bonchev–Trinajstić information content (AvgIpc) is 3.09. The van der Waals surface area contributed by atoms with Crippen LogP contribution < -0.4 is 0 Å². The molecule has 0 aliphatic carbocycles. The fourth-order valence-electron chi connectivity index (χ4n) is 2.10. The van der Waals surface area contributed by atoms with Crippen LogP contribution in [0.15, 0.2) is 42.7 Å². The number of rotatable bonds is 4. The highest BCUT2D eigenvalue weighted by molar-refractivity contribution is 5.33. The molecular formula is C15H14F2N4O. The molecule has 0 aliphatic rings. The fraction of sp³-hybridized carbons (Fsp3) is 0.200. The third-order valence-corrected chi connectivity index (χ3v) is 3.21. The van der Waals surface area contributed by atoms with Crippen LogP contribution in [-0.4, -0.2) is 24.7 Å². The van der Waals surface area contributed by atoms with Gasteiger partial charge in [0.15, 0.2) is 5.82 Å². The van der Waals surface area contributed by atoms with E-state index >= 15 is 0 Å². The molecule has 0 fully saturated rings. The van der Waals surface area contributed by atoms with Crippen molar-refractivity contribution in [1.29, 1.82) is 0 Å². The number of hydrogen-bond donors (Lipinski definition) is 1. The van der Waals surface area contributed by atoms with Crippen molar-refractivity contribution < 1.29 is 13.9 Å². The first-order valence-corrected chi connectivity index (χ1v) is 6.74. The summed E-state index contributed by atoms with van der Waals surface area (Å²) in [4.78, 5) is 0. The van der Waals surface area contributed by atoms with E-state index < -0.39 is 17.7 Å². The van der Waals surface area contributed by atoms with Crippen molar-refractivity contribution in [3.63, 3.8) is 0 Å². The van der Waals surface area contributed by atoms with E-state index in [1.54, 1.807) is 36.1 Å². The third kappa shape index (κ3) is 2.89. The lowest BCUT2D eigenvalue weighted by Crippen LogP contribution is -2.05. The number of halogens is 2. The number of aromatic nitrogens is 4. The lowest BCUT2D eigenvalue weighted by Gasteiger charge is -2.03. The standard InChI is InChI=1S/C15H14F2N4O/c1-10(22)14-5-6-20(19-14)9-12-4-7-21(18-12)15-3-2-11(16)8-13(15)17/h2-8,10,22H,9H2,1H3/t10-/m0/s1. The number of aliphatic hydroxyl groups is 1. The van der Waals surface area contributed by atoms with Gasteiger partial charge in [-0.15, -0.1) is 0 Å². The van der Waals surface area contributed by atoms with E-state index in [0.717, 1.165) is 6.07 Å². The van der Waals surface area contributed by atoms with E-state index in [4.69, 9.17) is 0 Å². The second-order valence-corrected chi connectivity index (χ2v) is 4.96. The van der Waals surface area contributed by atoms with Gasteiger partial charge in [-0.2, -0.15) is 10.2 Å². The van der Waals surface area contributed by atoms with Gasteiger partial charge in [0.2, 0.25) is 0 Å². The van der Waals surface area contributed by atoms with Crippen LogP contribution in [0, 0.1) is 11.6 Å². The number of benzene rings is 1. The van der Waals surface area contributed by atoms with Gasteiger partial charge in [0.1, 0.15) is 11.5 Å². The Morgan fingerprint density at radius 3 is 2.64 bits per heavy atom. The molecule has 0 unspecified atom stereocenters. The maximum absolute atomic E-state index is 13.7. The van der Waals surface area contributed by atoms with Gasteiger partial charge in [-0.1, -0.05) is 0 Å². The molecule has 1 aromatic carbocycles. The zero-order chi connectivity index (χ0) is 15.7. The molecule has 3 aromatic rings. The molecule has 2 heterocycles. The lowest BCUT2D eigenvalue weighted by molar-refractivity contribution is 0.193. The van der Waals surface area contributed by atoms with Crippen LogP contribution in [-0.2, 0) is 6.54 Å². The minimum absolute atomic E-state index is 0.179. The van der Waals surface area contributed by atoms with Crippen LogP contribution >= 0.6 is 0 Å². The third-order valence-electron chi connectivity index (χ3n) is 3.21. The summed E-state index contributed by atoms with van der Waals surface area (Å²) in [6.45, 7) is 2.03. The Labute approximate surface area is 125 Å². The molecular weight excluding hydrogens is 290 g/mol. The fourth-order valence-corrected chi connectivity index (χ4v) is 2.10. The minimum atomic E-state index is -0.676. The van der Waals surface area contributed by atoms with Gasteiger partial charge in [-0.3, -0.25) is 4.68 Å². The van der Waals surface area contributed by atoms with Crippen LogP contribution in [0.3, 0.4) is 0 Å². The summed E-state index contributed by atoms with van der Waals surface area (Å²) in [6, 6.07) is 6.79.